The van der Waals surface area contributed by atoms with Crippen LogP contribution in [0, 0.1) is 0 Å². The Bertz CT molecular complexity index is 1570. The number of rotatable bonds is 10. The lowest BCUT2D eigenvalue weighted by Crippen LogP contribution is -2.25. The Labute approximate surface area is 221 Å². The minimum atomic E-state index is -4.57. The lowest BCUT2D eigenvalue weighted by Gasteiger charge is -2.16. The average Bonchev–Trinajstić information content (AvgIpc) is 3.20. The molecule has 3 N–H and O–H groups in total. The molecule has 0 atom stereocenters. The highest BCUT2D eigenvalue weighted by molar-refractivity contribution is 7.89. The summed E-state index contributed by atoms with van der Waals surface area (Å²) in [5, 5.41) is 12.4. The van der Waals surface area contributed by atoms with Crippen LogP contribution in [0.5, 0.6) is 0 Å². The molecule has 0 amide bonds. The highest BCUT2D eigenvalue weighted by atomic mass is 35.5. The number of nitrogens with one attached hydrogen (secondary N) is 2. The van der Waals surface area contributed by atoms with Crippen molar-refractivity contribution in [3.05, 3.63) is 83.4 Å². The molecule has 3 aromatic carbocycles. The van der Waals surface area contributed by atoms with E-state index in [1.54, 1.807) is 0 Å². The summed E-state index contributed by atoms with van der Waals surface area (Å²) in [4.78, 5) is 15.9. The number of benzene rings is 3. The molecule has 200 valence electrons. The molecule has 4 aromatic rings. The number of halogens is 4. The number of hydrogen-bond donors (Lipinski definition) is 3. The third-order valence-corrected chi connectivity index (χ3v) is 7.41. The summed E-state index contributed by atoms with van der Waals surface area (Å²) in [6.07, 6.45) is -4.10. The molecule has 4 rings (SSSR count). The number of aromatic nitrogens is 2. The Balaban J connectivity index is 1.71. The van der Waals surface area contributed by atoms with Gasteiger partial charge in [-0.3, -0.25) is 0 Å². The topological polar surface area (TPSA) is 113 Å². The maximum atomic E-state index is 13.6. The van der Waals surface area contributed by atoms with Gasteiger partial charge < -0.3 is 15.0 Å². The predicted molar refractivity (Wildman–Crippen MR) is 137 cm³/mol. The highest BCUT2D eigenvalue weighted by Crippen LogP contribution is 2.34. The molecule has 13 heteroatoms. The van der Waals surface area contributed by atoms with Gasteiger partial charge in [-0.05, 0) is 60.5 Å². The van der Waals surface area contributed by atoms with Crippen LogP contribution in [0.15, 0.2) is 71.6 Å². The molecule has 0 unspecified atom stereocenters. The predicted octanol–water partition coefficient (Wildman–Crippen LogP) is 5.45. The van der Waals surface area contributed by atoms with Gasteiger partial charge in [0.25, 0.3) is 0 Å². The lowest BCUT2D eigenvalue weighted by atomic mass is 10.1. The molecule has 1 heterocycles. The van der Waals surface area contributed by atoms with Gasteiger partial charge in [-0.25, -0.2) is 22.9 Å². The number of alkyl halides is 4. The van der Waals surface area contributed by atoms with Gasteiger partial charge in [-0.2, -0.15) is 13.2 Å². The molecule has 38 heavy (non-hydrogen) atoms. The number of carbonyl (C=O) groups is 1. The largest absolute Gasteiger partial charge is 0.478 e. The van der Waals surface area contributed by atoms with Crippen LogP contribution in [0.4, 0.5) is 24.8 Å². The second-order valence-corrected chi connectivity index (χ2v) is 10.4. The van der Waals surface area contributed by atoms with Crippen molar-refractivity contribution in [1.29, 1.82) is 0 Å². The van der Waals surface area contributed by atoms with Gasteiger partial charge in [-0.15, -0.1) is 11.6 Å². The minimum absolute atomic E-state index is 0.00544. The SMILES string of the molecule is O=C(O)c1ccc2c(c1)nc(Nc1ccc(S(=O)(=O)NCCCCl)cc1)n2Cc1ccccc1C(F)(F)F. The molecule has 0 fully saturated rings. The molecule has 0 saturated heterocycles. The van der Waals surface area contributed by atoms with Crippen LogP contribution in [-0.4, -0.2) is 41.5 Å². The smallest absolute Gasteiger partial charge is 0.416 e. The van der Waals surface area contributed by atoms with Crippen molar-refractivity contribution >= 4 is 50.3 Å². The van der Waals surface area contributed by atoms with Crippen molar-refractivity contribution in [3.8, 4) is 0 Å². The second-order valence-electron chi connectivity index (χ2n) is 8.27. The first-order chi connectivity index (χ1) is 18.0. The minimum Gasteiger partial charge on any atom is -0.478 e. The average molecular weight is 567 g/mol. The van der Waals surface area contributed by atoms with Crippen molar-refractivity contribution in [1.82, 2.24) is 14.3 Å². The number of imidazole rings is 1. The molecule has 0 saturated carbocycles. The van der Waals surface area contributed by atoms with Gasteiger partial charge in [0.1, 0.15) is 0 Å². The van der Waals surface area contributed by atoms with Crippen LogP contribution < -0.4 is 10.0 Å². The van der Waals surface area contributed by atoms with Crippen LogP contribution in [0.2, 0.25) is 0 Å². The van der Waals surface area contributed by atoms with Crippen LogP contribution in [0.1, 0.15) is 27.9 Å². The Kier molecular flexibility index (Phi) is 7.95. The Morgan fingerprint density at radius 2 is 1.76 bits per heavy atom. The van der Waals surface area contributed by atoms with Crippen LogP contribution in [0.25, 0.3) is 11.0 Å². The van der Waals surface area contributed by atoms with Gasteiger partial charge in [0.05, 0.1) is 33.6 Å². The van der Waals surface area contributed by atoms with Crippen molar-refractivity contribution in [2.75, 3.05) is 17.7 Å². The number of nitrogens with zero attached hydrogens (tertiary/aromatic N) is 2. The summed E-state index contributed by atoms with van der Waals surface area (Å²) in [5.74, 6) is -0.710. The number of carboxylic acid groups (broad SMARTS) is 1. The highest BCUT2D eigenvalue weighted by Gasteiger charge is 2.33. The molecular formula is C25H22ClF3N4O4S. The number of fused-ring (bicyclic) bond motifs is 1. The molecule has 0 aliphatic rings. The number of sulfonamides is 1. The van der Waals surface area contributed by atoms with Crippen LogP contribution in [-0.2, 0) is 22.7 Å². The fourth-order valence-electron chi connectivity index (χ4n) is 3.83. The van der Waals surface area contributed by atoms with Gasteiger partial charge in [-0.1, -0.05) is 18.2 Å². The van der Waals surface area contributed by atoms with Crippen molar-refractivity contribution in [3.63, 3.8) is 0 Å². The maximum Gasteiger partial charge on any atom is 0.416 e. The first kappa shape index (κ1) is 27.4. The molecule has 0 aliphatic carbocycles. The molecule has 0 bridgehead atoms. The van der Waals surface area contributed by atoms with E-state index in [0.29, 0.717) is 23.5 Å². The summed E-state index contributed by atoms with van der Waals surface area (Å²) in [7, 11) is -3.74. The standard InChI is InChI=1S/C25H22ClF3N4O4S/c26-12-3-13-30-38(36,37)19-9-7-18(8-10-19)31-24-32-21-14-16(23(34)35)6-11-22(21)33(24)15-17-4-1-2-5-20(17)25(27,28)29/h1-2,4-11,14,30H,3,12-13,15H2,(H,31,32)(H,34,35). The fourth-order valence-corrected chi connectivity index (χ4v) is 5.03. The van der Waals surface area contributed by atoms with E-state index in [4.69, 9.17) is 11.6 Å². The van der Waals surface area contributed by atoms with E-state index in [9.17, 15) is 31.5 Å². The quantitative estimate of drug-likeness (QED) is 0.174. The van der Waals surface area contributed by atoms with E-state index >= 15 is 0 Å². The van der Waals surface area contributed by atoms with Gasteiger partial charge in [0, 0.05) is 18.1 Å². The van der Waals surface area contributed by atoms with E-state index in [2.05, 4.69) is 15.0 Å². The van der Waals surface area contributed by atoms with Gasteiger partial charge in [0.15, 0.2) is 0 Å². The number of hydrogen-bond acceptors (Lipinski definition) is 5. The fraction of sp³-hybridized carbons (Fsp3) is 0.200. The molecule has 0 aliphatic heterocycles. The van der Waals surface area contributed by atoms with Gasteiger partial charge in [0.2, 0.25) is 16.0 Å². The molecular weight excluding hydrogens is 545 g/mol. The summed E-state index contributed by atoms with van der Waals surface area (Å²) < 4.78 is 69.7. The zero-order valence-corrected chi connectivity index (χ0v) is 21.2. The van der Waals surface area contributed by atoms with Crippen molar-refractivity contribution < 1.29 is 31.5 Å². The third-order valence-electron chi connectivity index (χ3n) is 5.67. The second kappa shape index (κ2) is 11.0. The summed E-state index contributed by atoms with van der Waals surface area (Å²) >= 11 is 5.59. The Hall–Kier alpha value is -3.61. The molecule has 0 spiro atoms. The van der Waals surface area contributed by atoms with E-state index in [-0.39, 0.29) is 40.6 Å². The van der Waals surface area contributed by atoms with Gasteiger partial charge >= 0.3 is 12.1 Å². The van der Waals surface area contributed by atoms with E-state index in [1.807, 2.05) is 0 Å². The first-order valence-corrected chi connectivity index (χ1v) is 13.3. The van der Waals surface area contributed by atoms with E-state index in [0.717, 1.165) is 6.07 Å². The third kappa shape index (κ3) is 6.09. The van der Waals surface area contributed by atoms with Crippen molar-refractivity contribution in [2.45, 2.75) is 24.0 Å². The maximum absolute atomic E-state index is 13.6. The van der Waals surface area contributed by atoms with Crippen molar-refractivity contribution in [2.24, 2.45) is 0 Å². The zero-order chi connectivity index (χ0) is 27.5. The molecule has 1 aromatic heterocycles. The summed E-state index contributed by atoms with van der Waals surface area (Å²) in [6.45, 7) is -0.0223. The first-order valence-electron chi connectivity index (χ1n) is 11.3. The Morgan fingerprint density at radius 1 is 1.05 bits per heavy atom. The van der Waals surface area contributed by atoms with Crippen LogP contribution in [0.3, 0.4) is 0 Å². The van der Waals surface area contributed by atoms with E-state index < -0.39 is 27.7 Å². The summed E-state index contributed by atoms with van der Waals surface area (Å²) in [6, 6.07) is 15.0. The molecule has 8 nitrogen and oxygen atoms in total. The zero-order valence-electron chi connectivity index (χ0n) is 19.7. The summed E-state index contributed by atoms with van der Waals surface area (Å²) in [5.41, 5.74) is 0.265. The normalized spacial score (nSPS) is 12.1. The number of carboxylic acids is 1. The number of anilines is 2. The van der Waals surface area contributed by atoms with E-state index in [1.165, 1.54) is 65.2 Å². The lowest BCUT2D eigenvalue weighted by molar-refractivity contribution is -0.138. The number of aromatic carboxylic acids is 1. The Morgan fingerprint density at radius 3 is 2.42 bits per heavy atom. The molecule has 0 radical (unpaired) electrons. The van der Waals surface area contributed by atoms with Crippen LogP contribution >= 0.6 is 11.6 Å². The monoisotopic (exact) mass is 566 g/mol.